The van der Waals surface area contributed by atoms with Crippen LogP contribution in [0.5, 0.6) is 0 Å². The number of halogens is 1. The average Bonchev–Trinajstić information content (AvgIpc) is 2.91. The fourth-order valence-electron chi connectivity index (χ4n) is 1.58. The molecule has 1 aromatic heterocycles. The summed E-state index contributed by atoms with van der Waals surface area (Å²) in [6, 6.07) is 7.36. The van der Waals surface area contributed by atoms with E-state index in [-0.39, 0.29) is 6.03 Å². The summed E-state index contributed by atoms with van der Waals surface area (Å²) in [6.07, 6.45) is 0. The zero-order valence-electron chi connectivity index (χ0n) is 10.5. The highest BCUT2D eigenvalue weighted by atomic mass is 35.5. The van der Waals surface area contributed by atoms with E-state index < -0.39 is 0 Å². The fraction of sp³-hybridized carbons (Fsp3) is 0.231. The van der Waals surface area contributed by atoms with Crippen LogP contribution in [-0.2, 0) is 13.1 Å². The zero-order chi connectivity index (χ0) is 13.7. The van der Waals surface area contributed by atoms with Gasteiger partial charge < -0.3 is 10.2 Å². The number of aromatic nitrogens is 1. The molecule has 0 aliphatic carbocycles. The Morgan fingerprint density at radius 2 is 2.26 bits per heavy atom. The van der Waals surface area contributed by atoms with Gasteiger partial charge in [0.05, 0.1) is 17.7 Å². The van der Waals surface area contributed by atoms with Crippen molar-refractivity contribution in [2.75, 3.05) is 7.05 Å². The first kappa shape index (κ1) is 13.8. The Balaban J connectivity index is 1.87. The van der Waals surface area contributed by atoms with Gasteiger partial charge in [0.25, 0.3) is 0 Å². The molecule has 0 aliphatic rings. The first-order valence-electron chi connectivity index (χ1n) is 5.76. The number of nitrogens with one attached hydrogen (secondary N) is 1. The van der Waals surface area contributed by atoms with Crippen molar-refractivity contribution >= 4 is 29.0 Å². The van der Waals surface area contributed by atoms with Gasteiger partial charge in [-0.2, -0.15) is 0 Å². The van der Waals surface area contributed by atoms with Gasteiger partial charge in [0.1, 0.15) is 0 Å². The van der Waals surface area contributed by atoms with Gasteiger partial charge in [-0.25, -0.2) is 9.78 Å². The minimum Gasteiger partial charge on any atom is -0.332 e. The van der Waals surface area contributed by atoms with Crippen LogP contribution in [0.3, 0.4) is 0 Å². The van der Waals surface area contributed by atoms with E-state index in [0.29, 0.717) is 18.1 Å². The Morgan fingerprint density at radius 1 is 1.47 bits per heavy atom. The quantitative estimate of drug-likeness (QED) is 0.942. The van der Waals surface area contributed by atoms with E-state index >= 15 is 0 Å². The SMILES string of the molecule is CN(Cc1ccccc1Cl)C(=O)NCc1cscn1. The molecule has 1 aromatic carbocycles. The number of carbonyl (C=O) groups is 1. The van der Waals surface area contributed by atoms with E-state index in [1.807, 2.05) is 29.6 Å². The van der Waals surface area contributed by atoms with E-state index in [0.717, 1.165) is 11.3 Å². The Bertz CT molecular complexity index is 545. The molecule has 0 atom stereocenters. The molecule has 6 heteroatoms. The summed E-state index contributed by atoms with van der Waals surface area (Å²) >= 11 is 7.58. The van der Waals surface area contributed by atoms with E-state index in [1.165, 1.54) is 11.3 Å². The number of rotatable bonds is 4. The van der Waals surface area contributed by atoms with Gasteiger partial charge in [0.15, 0.2) is 0 Å². The molecule has 0 aliphatic heterocycles. The molecule has 100 valence electrons. The summed E-state index contributed by atoms with van der Waals surface area (Å²) in [7, 11) is 1.74. The van der Waals surface area contributed by atoms with Crippen LogP contribution in [0.25, 0.3) is 0 Å². The first-order chi connectivity index (χ1) is 9.16. The van der Waals surface area contributed by atoms with Crippen LogP contribution < -0.4 is 5.32 Å². The van der Waals surface area contributed by atoms with Gasteiger partial charge in [-0.1, -0.05) is 29.8 Å². The molecule has 4 nitrogen and oxygen atoms in total. The lowest BCUT2D eigenvalue weighted by Crippen LogP contribution is -2.36. The molecule has 0 fully saturated rings. The van der Waals surface area contributed by atoms with E-state index in [4.69, 9.17) is 11.6 Å². The lowest BCUT2D eigenvalue weighted by molar-refractivity contribution is 0.206. The summed E-state index contributed by atoms with van der Waals surface area (Å²) in [6.45, 7) is 0.914. The Hall–Kier alpha value is -1.59. The van der Waals surface area contributed by atoms with Crippen LogP contribution in [0.1, 0.15) is 11.3 Å². The van der Waals surface area contributed by atoms with E-state index in [9.17, 15) is 4.79 Å². The third-order valence-corrected chi connectivity index (χ3v) is 3.62. The van der Waals surface area contributed by atoms with Crippen molar-refractivity contribution < 1.29 is 4.79 Å². The largest absolute Gasteiger partial charge is 0.332 e. The zero-order valence-corrected chi connectivity index (χ0v) is 12.0. The number of benzene rings is 1. The predicted molar refractivity (Wildman–Crippen MR) is 77.3 cm³/mol. The summed E-state index contributed by atoms with van der Waals surface area (Å²) < 4.78 is 0. The Kier molecular flexibility index (Phi) is 4.76. The summed E-state index contributed by atoms with van der Waals surface area (Å²) in [5.74, 6) is 0. The van der Waals surface area contributed by atoms with Gasteiger partial charge in [-0.15, -0.1) is 11.3 Å². The second kappa shape index (κ2) is 6.54. The van der Waals surface area contributed by atoms with Crippen LogP contribution >= 0.6 is 22.9 Å². The molecule has 0 unspecified atom stereocenters. The van der Waals surface area contributed by atoms with Crippen molar-refractivity contribution in [3.8, 4) is 0 Å². The highest BCUT2D eigenvalue weighted by Crippen LogP contribution is 2.16. The second-order valence-electron chi connectivity index (χ2n) is 4.09. The van der Waals surface area contributed by atoms with Crippen LogP contribution in [-0.4, -0.2) is 23.0 Å². The number of hydrogen-bond acceptors (Lipinski definition) is 3. The summed E-state index contributed by atoms with van der Waals surface area (Å²) in [5, 5.41) is 5.39. The number of amides is 2. The highest BCUT2D eigenvalue weighted by molar-refractivity contribution is 7.07. The lowest BCUT2D eigenvalue weighted by Gasteiger charge is -2.18. The number of nitrogens with zero attached hydrogens (tertiary/aromatic N) is 2. The molecule has 0 radical (unpaired) electrons. The molecule has 2 aromatic rings. The minimum atomic E-state index is -0.145. The van der Waals surface area contributed by atoms with Crippen molar-refractivity contribution in [2.24, 2.45) is 0 Å². The van der Waals surface area contributed by atoms with Gasteiger partial charge in [0, 0.05) is 24.0 Å². The summed E-state index contributed by atoms with van der Waals surface area (Å²) in [5.41, 5.74) is 3.54. The number of thiazole rings is 1. The Morgan fingerprint density at radius 3 is 2.95 bits per heavy atom. The van der Waals surface area contributed by atoms with Crippen molar-refractivity contribution in [3.05, 3.63) is 51.4 Å². The molecule has 0 bridgehead atoms. The maximum absolute atomic E-state index is 11.9. The van der Waals surface area contributed by atoms with Crippen molar-refractivity contribution in [1.82, 2.24) is 15.2 Å². The third kappa shape index (κ3) is 3.94. The molecule has 1 heterocycles. The molecule has 0 saturated heterocycles. The van der Waals surface area contributed by atoms with E-state index in [2.05, 4.69) is 10.3 Å². The highest BCUT2D eigenvalue weighted by Gasteiger charge is 2.10. The Labute approximate surface area is 121 Å². The van der Waals surface area contributed by atoms with Gasteiger partial charge >= 0.3 is 6.03 Å². The van der Waals surface area contributed by atoms with Crippen molar-refractivity contribution in [2.45, 2.75) is 13.1 Å². The number of carbonyl (C=O) groups excluding carboxylic acids is 1. The van der Waals surface area contributed by atoms with E-state index in [1.54, 1.807) is 17.5 Å². The number of hydrogen-bond donors (Lipinski definition) is 1. The average molecular weight is 296 g/mol. The molecule has 19 heavy (non-hydrogen) atoms. The monoisotopic (exact) mass is 295 g/mol. The molecule has 2 rings (SSSR count). The molecule has 1 N–H and O–H groups in total. The molecule has 0 saturated carbocycles. The summed E-state index contributed by atoms with van der Waals surface area (Å²) in [4.78, 5) is 17.6. The molecule has 0 spiro atoms. The smallest absolute Gasteiger partial charge is 0.317 e. The van der Waals surface area contributed by atoms with Gasteiger partial charge in [-0.3, -0.25) is 0 Å². The fourth-order valence-corrected chi connectivity index (χ4v) is 2.33. The number of urea groups is 1. The maximum Gasteiger partial charge on any atom is 0.317 e. The predicted octanol–water partition coefficient (Wildman–Crippen LogP) is 3.14. The second-order valence-corrected chi connectivity index (χ2v) is 5.21. The molecular formula is C13H14ClN3OS. The first-order valence-corrected chi connectivity index (χ1v) is 7.08. The van der Waals surface area contributed by atoms with Gasteiger partial charge in [0.2, 0.25) is 0 Å². The lowest BCUT2D eigenvalue weighted by atomic mass is 10.2. The van der Waals surface area contributed by atoms with Crippen LogP contribution in [0.4, 0.5) is 4.79 Å². The van der Waals surface area contributed by atoms with Crippen molar-refractivity contribution in [3.63, 3.8) is 0 Å². The van der Waals surface area contributed by atoms with Crippen LogP contribution in [0.15, 0.2) is 35.2 Å². The molecule has 2 amide bonds. The van der Waals surface area contributed by atoms with Crippen LogP contribution in [0, 0.1) is 0 Å². The topological polar surface area (TPSA) is 45.2 Å². The van der Waals surface area contributed by atoms with Gasteiger partial charge in [-0.05, 0) is 11.6 Å². The normalized spacial score (nSPS) is 10.2. The van der Waals surface area contributed by atoms with Crippen molar-refractivity contribution in [1.29, 1.82) is 0 Å². The minimum absolute atomic E-state index is 0.145. The standard InChI is InChI=1S/C13H14ClN3OS/c1-17(7-10-4-2-3-5-12(10)14)13(18)15-6-11-8-19-9-16-11/h2-5,8-9H,6-7H2,1H3,(H,15,18). The van der Waals surface area contributed by atoms with Crippen LogP contribution in [0.2, 0.25) is 5.02 Å². The molecular weight excluding hydrogens is 282 g/mol. The third-order valence-electron chi connectivity index (χ3n) is 2.62. The maximum atomic E-state index is 11.9.